The highest BCUT2D eigenvalue weighted by atomic mass is 35.5. The molecule has 1 atom stereocenters. The smallest absolute Gasteiger partial charge is 0.139 e. The Labute approximate surface area is 166 Å². The summed E-state index contributed by atoms with van der Waals surface area (Å²) in [6, 6.07) is 3.75. The van der Waals surface area contributed by atoms with Crippen molar-refractivity contribution in [2.75, 3.05) is 26.2 Å². The van der Waals surface area contributed by atoms with E-state index in [1.807, 2.05) is 6.07 Å². The number of rotatable bonds is 3. The fourth-order valence-electron chi connectivity index (χ4n) is 3.97. The number of phenolic OH excluding ortho intramolecular Hbond substituents is 1. The van der Waals surface area contributed by atoms with Crippen molar-refractivity contribution in [2.45, 2.75) is 38.1 Å². The predicted molar refractivity (Wildman–Crippen MR) is 106 cm³/mol. The molecule has 0 spiro atoms. The van der Waals surface area contributed by atoms with Gasteiger partial charge in [-0.25, -0.2) is 0 Å². The first-order valence-electron chi connectivity index (χ1n) is 8.29. The number of piperazine rings is 1. The van der Waals surface area contributed by atoms with E-state index in [0.717, 1.165) is 31.7 Å². The number of hydrogen-bond acceptors (Lipinski definition) is 3. The molecule has 0 aromatic heterocycles. The van der Waals surface area contributed by atoms with Gasteiger partial charge in [0.25, 0.3) is 0 Å². The molecule has 24 heavy (non-hydrogen) atoms. The monoisotopic (exact) mass is 414 g/mol. The maximum absolute atomic E-state index is 10.5. The number of aromatic hydroxyl groups is 1. The van der Waals surface area contributed by atoms with Gasteiger partial charge in [-0.15, -0.1) is 24.8 Å². The molecule has 0 radical (unpaired) electrons. The summed E-state index contributed by atoms with van der Waals surface area (Å²) in [5.41, 5.74) is 0.909. The average molecular weight is 416 g/mol. The molecule has 1 aliphatic heterocycles. The summed E-state index contributed by atoms with van der Waals surface area (Å²) in [6.45, 7) is 4.01. The summed E-state index contributed by atoms with van der Waals surface area (Å²) in [4.78, 5) is 2.49. The van der Waals surface area contributed by atoms with Crippen LogP contribution < -0.4 is 5.32 Å². The number of nitrogens with zero attached hydrogens (tertiary/aromatic N) is 1. The molecular weight excluding hydrogens is 390 g/mol. The van der Waals surface area contributed by atoms with Crippen molar-refractivity contribution in [2.24, 2.45) is 5.92 Å². The Morgan fingerprint density at radius 2 is 1.67 bits per heavy atom. The van der Waals surface area contributed by atoms with Crippen LogP contribution in [0.15, 0.2) is 12.1 Å². The van der Waals surface area contributed by atoms with Gasteiger partial charge in [0, 0.05) is 42.8 Å². The molecule has 138 valence electrons. The van der Waals surface area contributed by atoms with Crippen molar-refractivity contribution in [1.29, 1.82) is 0 Å². The van der Waals surface area contributed by atoms with Crippen LogP contribution >= 0.6 is 48.0 Å². The molecule has 1 saturated carbocycles. The van der Waals surface area contributed by atoms with E-state index in [-0.39, 0.29) is 36.6 Å². The van der Waals surface area contributed by atoms with Crippen LogP contribution in [0.5, 0.6) is 5.75 Å². The summed E-state index contributed by atoms with van der Waals surface area (Å²) in [5.74, 6) is 0.785. The topological polar surface area (TPSA) is 35.5 Å². The van der Waals surface area contributed by atoms with Crippen molar-refractivity contribution < 1.29 is 5.11 Å². The third-order valence-corrected chi connectivity index (χ3v) is 5.52. The first-order chi connectivity index (χ1) is 10.7. The van der Waals surface area contributed by atoms with Gasteiger partial charge in [0.05, 0.1) is 5.02 Å². The van der Waals surface area contributed by atoms with E-state index < -0.39 is 0 Å². The van der Waals surface area contributed by atoms with E-state index in [1.54, 1.807) is 6.07 Å². The Balaban J connectivity index is 0.00000144. The Morgan fingerprint density at radius 3 is 2.29 bits per heavy atom. The Hall–Kier alpha value is 0.1000. The van der Waals surface area contributed by atoms with Gasteiger partial charge >= 0.3 is 0 Å². The van der Waals surface area contributed by atoms with Crippen molar-refractivity contribution in [3.63, 3.8) is 0 Å². The lowest BCUT2D eigenvalue weighted by atomic mass is 9.80. The van der Waals surface area contributed by atoms with Crippen molar-refractivity contribution in [1.82, 2.24) is 10.2 Å². The second-order valence-corrected chi connectivity index (χ2v) is 7.30. The molecule has 2 N–H and O–H groups in total. The lowest BCUT2D eigenvalue weighted by molar-refractivity contribution is 0.101. The van der Waals surface area contributed by atoms with E-state index in [1.165, 1.54) is 32.1 Å². The van der Waals surface area contributed by atoms with Gasteiger partial charge in [0.15, 0.2) is 0 Å². The zero-order valence-electron chi connectivity index (χ0n) is 13.6. The zero-order valence-corrected chi connectivity index (χ0v) is 16.8. The highest BCUT2D eigenvalue weighted by Gasteiger charge is 2.33. The van der Waals surface area contributed by atoms with E-state index in [4.69, 9.17) is 23.2 Å². The van der Waals surface area contributed by atoms with E-state index >= 15 is 0 Å². The molecule has 0 amide bonds. The van der Waals surface area contributed by atoms with Crippen molar-refractivity contribution >= 4 is 48.0 Å². The summed E-state index contributed by atoms with van der Waals surface area (Å²) < 4.78 is 0. The van der Waals surface area contributed by atoms with Gasteiger partial charge in [-0.1, -0.05) is 42.5 Å². The second kappa shape index (κ2) is 10.3. The van der Waals surface area contributed by atoms with E-state index in [0.29, 0.717) is 16.0 Å². The van der Waals surface area contributed by atoms with Crippen LogP contribution in [0.25, 0.3) is 0 Å². The predicted octanol–water partition coefficient (Wildman–Crippen LogP) is 5.07. The first-order valence-corrected chi connectivity index (χ1v) is 9.05. The molecule has 0 unspecified atom stereocenters. The van der Waals surface area contributed by atoms with Crippen LogP contribution in [0.2, 0.25) is 10.0 Å². The fourth-order valence-corrected chi connectivity index (χ4v) is 4.48. The van der Waals surface area contributed by atoms with Crippen LogP contribution in [0.1, 0.15) is 43.7 Å². The first kappa shape index (κ1) is 22.1. The van der Waals surface area contributed by atoms with E-state index in [2.05, 4.69) is 10.2 Å². The Bertz CT molecular complexity index is 500. The average Bonchev–Trinajstić information content (AvgIpc) is 2.54. The minimum absolute atomic E-state index is 0. The Morgan fingerprint density at radius 1 is 1.04 bits per heavy atom. The van der Waals surface area contributed by atoms with Crippen molar-refractivity contribution in [3.8, 4) is 5.75 Å². The normalized spacial score (nSPS) is 20.8. The number of nitrogens with one attached hydrogen (secondary N) is 1. The molecule has 3 rings (SSSR count). The van der Waals surface area contributed by atoms with Gasteiger partial charge in [-0.2, -0.15) is 0 Å². The van der Waals surface area contributed by atoms with Crippen molar-refractivity contribution in [3.05, 3.63) is 27.7 Å². The molecule has 1 aliphatic carbocycles. The second-order valence-electron chi connectivity index (χ2n) is 6.45. The van der Waals surface area contributed by atoms with Gasteiger partial charge < -0.3 is 10.4 Å². The number of benzene rings is 1. The van der Waals surface area contributed by atoms with Gasteiger partial charge in [-0.3, -0.25) is 4.90 Å². The van der Waals surface area contributed by atoms with Crippen LogP contribution in [-0.4, -0.2) is 36.2 Å². The van der Waals surface area contributed by atoms with E-state index in [9.17, 15) is 5.11 Å². The lowest BCUT2D eigenvalue weighted by Gasteiger charge is -2.41. The third kappa shape index (κ3) is 5.06. The zero-order chi connectivity index (χ0) is 15.5. The molecule has 3 nitrogen and oxygen atoms in total. The van der Waals surface area contributed by atoms with Gasteiger partial charge in [-0.05, 0) is 30.9 Å². The molecular formula is C17H26Cl4N2O. The molecule has 2 fully saturated rings. The number of phenols is 1. The SMILES string of the molecule is Cl.Cl.Oc1c(Cl)cc(Cl)cc1[C@H](C1CCCCC1)N1CCNCC1. The van der Waals surface area contributed by atoms with Crippen LogP contribution in [-0.2, 0) is 0 Å². The largest absolute Gasteiger partial charge is 0.506 e. The summed E-state index contributed by atoms with van der Waals surface area (Å²) in [6.07, 6.45) is 6.33. The van der Waals surface area contributed by atoms with Gasteiger partial charge in [0.1, 0.15) is 5.75 Å². The standard InChI is InChI=1S/C17H24Cl2N2O.2ClH/c18-13-10-14(17(22)15(19)11-13)16(12-4-2-1-3-5-12)21-8-6-20-7-9-21;;/h10-12,16,20,22H,1-9H2;2*1H/t16-;;/m0../s1. The van der Waals surface area contributed by atoms with Crippen LogP contribution in [0, 0.1) is 5.92 Å². The fraction of sp³-hybridized carbons (Fsp3) is 0.647. The molecule has 1 aromatic rings. The maximum Gasteiger partial charge on any atom is 0.139 e. The third-order valence-electron chi connectivity index (χ3n) is 5.02. The number of halogens is 4. The highest BCUT2D eigenvalue weighted by Crippen LogP contribution is 2.44. The highest BCUT2D eigenvalue weighted by molar-refractivity contribution is 6.35. The Kier molecular flexibility index (Phi) is 9.50. The molecule has 7 heteroatoms. The molecule has 2 aliphatic rings. The minimum Gasteiger partial charge on any atom is -0.506 e. The van der Waals surface area contributed by atoms with Crippen LogP contribution in [0.3, 0.4) is 0 Å². The molecule has 1 saturated heterocycles. The van der Waals surface area contributed by atoms with Crippen LogP contribution in [0.4, 0.5) is 0 Å². The summed E-state index contributed by atoms with van der Waals surface area (Å²) in [5, 5.41) is 14.9. The summed E-state index contributed by atoms with van der Waals surface area (Å²) >= 11 is 12.4. The maximum atomic E-state index is 10.5. The minimum atomic E-state index is 0. The number of hydrogen-bond donors (Lipinski definition) is 2. The molecule has 0 bridgehead atoms. The quantitative estimate of drug-likeness (QED) is 0.723. The molecule has 1 heterocycles. The van der Waals surface area contributed by atoms with Gasteiger partial charge in [0.2, 0.25) is 0 Å². The lowest BCUT2D eigenvalue weighted by Crippen LogP contribution is -2.47. The summed E-state index contributed by atoms with van der Waals surface area (Å²) in [7, 11) is 0. The molecule has 1 aromatic carbocycles.